The summed E-state index contributed by atoms with van der Waals surface area (Å²) in [5.74, 6) is -0.0835. The van der Waals surface area contributed by atoms with E-state index in [2.05, 4.69) is 19.1 Å². The summed E-state index contributed by atoms with van der Waals surface area (Å²) in [4.78, 5) is 29.1. The maximum Gasteiger partial charge on any atom is 0.291 e. The van der Waals surface area contributed by atoms with E-state index >= 15 is 0 Å². The highest BCUT2D eigenvalue weighted by atomic mass is 16.3. The predicted molar refractivity (Wildman–Crippen MR) is 131 cm³/mol. The fourth-order valence-electron chi connectivity index (χ4n) is 4.61. The van der Waals surface area contributed by atoms with Gasteiger partial charge in [-0.1, -0.05) is 61.0 Å². The molecule has 166 valence electrons. The first-order valence-corrected chi connectivity index (χ1v) is 11.4. The van der Waals surface area contributed by atoms with Crippen molar-refractivity contribution >= 4 is 16.9 Å². The molecule has 0 saturated carbocycles. The van der Waals surface area contributed by atoms with Gasteiger partial charge in [0.25, 0.3) is 5.91 Å². The molecule has 0 saturated heterocycles. The first-order valence-electron chi connectivity index (χ1n) is 11.4. The van der Waals surface area contributed by atoms with Gasteiger partial charge in [0, 0.05) is 6.54 Å². The molecule has 1 aromatic heterocycles. The number of aryl methyl sites for hydroxylation is 4. The van der Waals surface area contributed by atoms with Crippen molar-refractivity contribution in [1.82, 2.24) is 4.90 Å². The molecular formula is C29H27NO3. The molecule has 1 atom stereocenters. The Balaban J connectivity index is 1.71. The largest absolute Gasteiger partial charge is 0.450 e. The van der Waals surface area contributed by atoms with Gasteiger partial charge in [-0.3, -0.25) is 9.59 Å². The molecule has 5 rings (SSSR count). The summed E-state index contributed by atoms with van der Waals surface area (Å²) in [7, 11) is 0. The van der Waals surface area contributed by atoms with Crippen LogP contribution in [0, 0.1) is 20.8 Å². The van der Waals surface area contributed by atoms with E-state index in [1.165, 1.54) is 5.56 Å². The molecule has 2 heterocycles. The van der Waals surface area contributed by atoms with Crippen LogP contribution in [0.15, 0.2) is 69.9 Å². The first-order chi connectivity index (χ1) is 15.9. The highest BCUT2D eigenvalue weighted by Gasteiger charge is 2.42. The van der Waals surface area contributed by atoms with Crippen LogP contribution in [0.25, 0.3) is 11.0 Å². The van der Waals surface area contributed by atoms with Crippen LogP contribution >= 0.6 is 0 Å². The van der Waals surface area contributed by atoms with Gasteiger partial charge in [0.1, 0.15) is 5.58 Å². The number of carbonyl (C=O) groups is 1. The molecule has 0 bridgehead atoms. The maximum absolute atomic E-state index is 13.7. The van der Waals surface area contributed by atoms with Crippen molar-refractivity contribution in [1.29, 1.82) is 0 Å². The van der Waals surface area contributed by atoms with Crippen molar-refractivity contribution in [2.24, 2.45) is 0 Å². The molecule has 1 aliphatic rings. The Kier molecular flexibility index (Phi) is 5.16. The van der Waals surface area contributed by atoms with Gasteiger partial charge < -0.3 is 9.32 Å². The number of benzene rings is 3. The summed E-state index contributed by atoms with van der Waals surface area (Å²) in [6.07, 6.45) is 0.930. The third-order valence-electron chi connectivity index (χ3n) is 6.76. The Labute approximate surface area is 193 Å². The number of carbonyl (C=O) groups excluding carboxylic acids is 1. The SMILES string of the molecule is CCc1ccc(C2c3c(oc4cc(C)c(C)cc4c3=O)C(=O)N2Cc2ccc(C)cc2)cc1. The molecule has 4 aromatic rings. The van der Waals surface area contributed by atoms with Gasteiger partial charge in [0.2, 0.25) is 5.76 Å². The summed E-state index contributed by atoms with van der Waals surface area (Å²) in [5.41, 5.74) is 7.14. The minimum Gasteiger partial charge on any atom is -0.450 e. The van der Waals surface area contributed by atoms with E-state index in [-0.39, 0.29) is 17.1 Å². The van der Waals surface area contributed by atoms with Crippen LogP contribution in [0.5, 0.6) is 0 Å². The molecule has 1 aliphatic heterocycles. The number of nitrogens with zero attached hydrogens (tertiary/aromatic N) is 1. The lowest BCUT2D eigenvalue weighted by Gasteiger charge is -2.25. The minimum absolute atomic E-state index is 0.126. The van der Waals surface area contributed by atoms with Crippen LogP contribution in [0.3, 0.4) is 0 Å². The lowest BCUT2D eigenvalue weighted by atomic mass is 9.96. The zero-order valence-electron chi connectivity index (χ0n) is 19.4. The van der Waals surface area contributed by atoms with Crippen LogP contribution in [0.4, 0.5) is 0 Å². The van der Waals surface area contributed by atoms with Crippen molar-refractivity contribution in [3.8, 4) is 0 Å². The molecular weight excluding hydrogens is 410 g/mol. The number of amides is 1. The van der Waals surface area contributed by atoms with Crippen molar-refractivity contribution in [2.75, 3.05) is 0 Å². The summed E-state index contributed by atoms with van der Waals surface area (Å²) in [6, 6.07) is 19.6. The van der Waals surface area contributed by atoms with E-state index in [1.807, 2.05) is 69.3 Å². The Morgan fingerprint density at radius 1 is 0.848 bits per heavy atom. The van der Waals surface area contributed by atoms with Crippen molar-refractivity contribution in [3.63, 3.8) is 0 Å². The molecule has 4 heteroatoms. The fraction of sp³-hybridized carbons (Fsp3) is 0.241. The van der Waals surface area contributed by atoms with Gasteiger partial charge in [0.05, 0.1) is 17.0 Å². The van der Waals surface area contributed by atoms with E-state index in [9.17, 15) is 9.59 Å². The van der Waals surface area contributed by atoms with Crippen molar-refractivity contribution < 1.29 is 9.21 Å². The van der Waals surface area contributed by atoms with Gasteiger partial charge >= 0.3 is 0 Å². The average Bonchev–Trinajstić information content (AvgIpc) is 3.08. The lowest BCUT2D eigenvalue weighted by molar-refractivity contribution is 0.0714. The maximum atomic E-state index is 13.7. The molecule has 3 aromatic carbocycles. The molecule has 0 radical (unpaired) electrons. The van der Waals surface area contributed by atoms with E-state index in [1.54, 1.807) is 4.90 Å². The Hall–Kier alpha value is -3.66. The molecule has 4 nitrogen and oxygen atoms in total. The molecule has 0 N–H and O–H groups in total. The standard InChI is InChI=1S/C29H27NO3/c1-5-20-10-12-22(13-11-20)26-25-27(31)23-14-18(3)19(4)15-24(23)33-28(25)29(32)30(26)16-21-8-6-17(2)7-9-21/h6-15,26H,5,16H2,1-4H3. The van der Waals surface area contributed by atoms with Gasteiger partial charge in [-0.05, 0) is 67.1 Å². The number of fused-ring (bicyclic) bond motifs is 2. The molecule has 1 amide bonds. The predicted octanol–water partition coefficient (Wildman–Crippen LogP) is 6.03. The summed E-state index contributed by atoms with van der Waals surface area (Å²) >= 11 is 0. The zero-order valence-corrected chi connectivity index (χ0v) is 19.4. The topological polar surface area (TPSA) is 50.5 Å². The van der Waals surface area contributed by atoms with Gasteiger partial charge in [-0.2, -0.15) is 0 Å². The van der Waals surface area contributed by atoms with Crippen molar-refractivity contribution in [2.45, 2.75) is 46.7 Å². The van der Waals surface area contributed by atoms with Gasteiger partial charge in [-0.25, -0.2) is 0 Å². The smallest absolute Gasteiger partial charge is 0.291 e. The van der Waals surface area contributed by atoms with Crippen molar-refractivity contribution in [3.05, 3.63) is 116 Å². The minimum atomic E-state index is -0.484. The Morgan fingerprint density at radius 2 is 1.48 bits per heavy atom. The average molecular weight is 438 g/mol. The molecule has 0 aliphatic carbocycles. The summed E-state index contributed by atoms with van der Waals surface area (Å²) < 4.78 is 6.13. The lowest BCUT2D eigenvalue weighted by Crippen LogP contribution is -2.29. The normalized spacial score (nSPS) is 15.3. The van der Waals surface area contributed by atoms with E-state index in [0.29, 0.717) is 23.1 Å². The second kappa shape index (κ2) is 8.04. The van der Waals surface area contributed by atoms with Crippen LogP contribution < -0.4 is 5.43 Å². The highest BCUT2D eigenvalue weighted by molar-refractivity contribution is 5.99. The Bertz CT molecular complexity index is 1430. The number of hydrogen-bond acceptors (Lipinski definition) is 3. The van der Waals surface area contributed by atoms with Crippen LogP contribution in [-0.4, -0.2) is 10.8 Å². The molecule has 1 unspecified atom stereocenters. The van der Waals surface area contributed by atoms with E-state index < -0.39 is 6.04 Å². The molecule has 33 heavy (non-hydrogen) atoms. The van der Waals surface area contributed by atoms with Crippen LogP contribution in [-0.2, 0) is 13.0 Å². The first kappa shape index (κ1) is 21.2. The van der Waals surface area contributed by atoms with E-state index in [0.717, 1.165) is 34.2 Å². The molecule has 0 fully saturated rings. The summed E-state index contributed by atoms with van der Waals surface area (Å²) in [5, 5.41) is 0.525. The van der Waals surface area contributed by atoms with E-state index in [4.69, 9.17) is 4.42 Å². The second-order valence-corrected chi connectivity index (χ2v) is 9.02. The Morgan fingerprint density at radius 3 is 2.15 bits per heavy atom. The quantitative estimate of drug-likeness (QED) is 0.392. The molecule has 0 spiro atoms. The van der Waals surface area contributed by atoms with Crippen LogP contribution in [0.1, 0.15) is 62.5 Å². The highest BCUT2D eigenvalue weighted by Crippen LogP contribution is 2.39. The second-order valence-electron chi connectivity index (χ2n) is 9.02. The van der Waals surface area contributed by atoms with Gasteiger partial charge in [-0.15, -0.1) is 0 Å². The van der Waals surface area contributed by atoms with Gasteiger partial charge in [0.15, 0.2) is 5.43 Å². The zero-order chi connectivity index (χ0) is 23.3. The van der Waals surface area contributed by atoms with Crippen LogP contribution in [0.2, 0.25) is 0 Å². The summed E-state index contributed by atoms with van der Waals surface area (Å²) in [6.45, 7) is 8.51. The number of hydrogen-bond donors (Lipinski definition) is 0. The monoisotopic (exact) mass is 437 g/mol. The third kappa shape index (κ3) is 3.56. The number of rotatable bonds is 4. The third-order valence-corrected chi connectivity index (χ3v) is 6.76. The fourth-order valence-corrected chi connectivity index (χ4v) is 4.61.